The first kappa shape index (κ1) is 15.5. The van der Waals surface area contributed by atoms with Gasteiger partial charge in [0.1, 0.15) is 5.82 Å². The summed E-state index contributed by atoms with van der Waals surface area (Å²) in [6, 6.07) is 5.19. The van der Waals surface area contributed by atoms with Crippen LogP contribution in [0.3, 0.4) is 0 Å². The van der Waals surface area contributed by atoms with E-state index in [9.17, 15) is 9.90 Å². The molecule has 0 spiro atoms. The maximum absolute atomic E-state index is 11.2. The number of hydrogen-bond acceptors (Lipinski definition) is 2. The van der Waals surface area contributed by atoms with Crippen molar-refractivity contribution in [3.05, 3.63) is 29.6 Å². The number of nitrogens with zero attached hydrogens (tertiary/aromatic N) is 2. The van der Waals surface area contributed by atoms with Crippen LogP contribution in [-0.4, -0.2) is 20.6 Å². The summed E-state index contributed by atoms with van der Waals surface area (Å²) in [5.41, 5.74) is 2.30. The number of carboxylic acid groups (broad SMARTS) is 1. The Hall–Kier alpha value is -1.84. The van der Waals surface area contributed by atoms with Crippen molar-refractivity contribution in [3.63, 3.8) is 0 Å². The second-order valence-corrected chi connectivity index (χ2v) is 6.39. The van der Waals surface area contributed by atoms with E-state index in [2.05, 4.69) is 32.3 Å². The van der Waals surface area contributed by atoms with Crippen molar-refractivity contribution in [1.82, 2.24) is 9.55 Å². The van der Waals surface area contributed by atoms with E-state index in [-0.39, 0.29) is 5.41 Å². The van der Waals surface area contributed by atoms with Crippen molar-refractivity contribution in [2.24, 2.45) is 5.41 Å². The fourth-order valence-corrected chi connectivity index (χ4v) is 2.44. The summed E-state index contributed by atoms with van der Waals surface area (Å²) >= 11 is 0. The molecule has 0 aliphatic rings. The molecule has 2 aromatic rings. The summed E-state index contributed by atoms with van der Waals surface area (Å²) < 4.78 is 2.20. The van der Waals surface area contributed by atoms with Gasteiger partial charge in [0.15, 0.2) is 0 Å². The molecule has 0 saturated heterocycles. The molecule has 1 N–H and O–H groups in total. The van der Waals surface area contributed by atoms with E-state index >= 15 is 0 Å². The molecule has 1 aromatic carbocycles. The number of benzene rings is 1. The van der Waals surface area contributed by atoms with Gasteiger partial charge in [-0.2, -0.15) is 0 Å². The van der Waals surface area contributed by atoms with E-state index in [0.717, 1.165) is 42.7 Å². The molecule has 0 unspecified atom stereocenters. The number of aromatic carboxylic acids is 1. The third-order valence-corrected chi connectivity index (χ3v) is 4.09. The van der Waals surface area contributed by atoms with E-state index in [1.807, 2.05) is 6.07 Å². The van der Waals surface area contributed by atoms with E-state index in [0.29, 0.717) is 5.56 Å². The number of fused-ring (bicyclic) bond motifs is 1. The number of hydrogen-bond donors (Lipinski definition) is 1. The van der Waals surface area contributed by atoms with Gasteiger partial charge in [-0.25, -0.2) is 9.78 Å². The largest absolute Gasteiger partial charge is 0.478 e. The Kier molecular flexibility index (Phi) is 4.35. The molecule has 114 valence electrons. The van der Waals surface area contributed by atoms with E-state index in [1.54, 1.807) is 12.1 Å². The highest BCUT2D eigenvalue weighted by Crippen LogP contribution is 2.27. The monoisotopic (exact) mass is 288 g/mol. The molecule has 1 heterocycles. The highest BCUT2D eigenvalue weighted by atomic mass is 16.4. The molecule has 0 fully saturated rings. The van der Waals surface area contributed by atoms with Gasteiger partial charge in [-0.15, -0.1) is 0 Å². The molecule has 1 aromatic heterocycles. The van der Waals surface area contributed by atoms with Crippen molar-refractivity contribution in [3.8, 4) is 0 Å². The Morgan fingerprint density at radius 1 is 1.33 bits per heavy atom. The summed E-state index contributed by atoms with van der Waals surface area (Å²) in [6.45, 7) is 9.64. The molecule has 4 nitrogen and oxygen atoms in total. The first-order valence-corrected chi connectivity index (χ1v) is 7.60. The molecule has 0 saturated carbocycles. The van der Waals surface area contributed by atoms with Crippen molar-refractivity contribution in [1.29, 1.82) is 0 Å². The van der Waals surface area contributed by atoms with Gasteiger partial charge in [0.2, 0.25) is 0 Å². The Morgan fingerprint density at radius 2 is 2.05 bits per heavy atom. The molecule has 21 heavy (non-hydrogen) atoms. The first-order chi connectivity index (χ1) is 9.88. The predicted molar refractivity (Wildman–Crippen MR) is 84.8 cm³/mol. The summed E-state index contributed by atoms with van der Waals surface area (Å²) in [4.78, 5) is 15.9. The molecular weight excluding hydrogens is 264 g/mol. The van der Waals surface area contributed by atoms with Crippen LogP contribution in [0.15, 0.2) is 18.2 Å². The molecule has 0 atom stereocenters. The maximum atomic E-state index is 11.2. The smallest absolute Gasteiger partial charge is 0.335 e. The minimum atomic E-state index is -0.892. The van der Waals surface area contributed by atoms with Crippen LogP contribution < -0.4 is 0 Å². The van der Waals surface area contributed by atoms with Gasteiger partial charge in [0, 0.05) is 13.0 Å². The molecule has 4 heteroatoms. The quantitative estimate of drug-likeness (QED) is 0.869. The standard InChI is InChI=1S/C17H24N2O2/c1-5-7-15-18-13-9-8-12(16(20)21)10-14(13)19(15)11-17(3,4)6-2/h8-10H,5-7,11H2,1-4H3,(H,20,21). The van der Waals surface area contributed by atoms with Crippen LogP contribution in [0.4, 0.5) is 0 Å². The van der Waals surface area contributed by atoms with Crippen LogP contribution in [0.2, 0.25) is 0 Å². The van der Waals surface area contributed by atoms with Crippen LogP contribution in [0, 0.1) is 5.41 Å². The lowest BCUT2D eigenvalue weighted by Crippen LogP contribution is -2.20. The summed E-state index contributed by atoms with van der Waals surface area (Å²) in [6.07, 6.45) is 3.01. The Labute approximate surface area is 125 Å². The first-order valence-electron chi connectivity index (χ1n) is 7.60. The van der Waals surface area contributed by atoms with Crippen molar-refractivity contribution in [2.75, 3.05) is 0 Å². The zero-order valence-corrected chi connectivity index (χ0v) is 13.3. The summed E-state index contributed by atoms with van der Waals surface area (Å²) in [7, 11) is 0. The van der Waals surface area contributed by atoms with Crippen molar-refractivity contribution in [2.45, 2.75) is 53.5 Å². The predicted octanol–water partition coefficient (Wildman–Crippen LogP) is 4.12. The van der Waals surface area contributed by atoms with Crippen molar-refractivity contribution >= 4 is 17.0 Å². The Bertz CT molecular complexity index is 656. The number of aromatic nitrogens is 2. The van der Waals surface area contributed by atoms with Crippen LogP contribution in [-0.2, 0) is 13.0 Å². The fourth-order valence-electron chi connectivity index (χ4n) is 2.44. The van der Waals surface area contributed by atoms with E-state index in [1.165, 1.54) is 0 Å². The van der Waals surface area contributed by atoms with Gasteiger partial charge in [-0.05, 0) is 36.5 Å². The van der Waals surface area contributed by atoms with Gasteiger partial charge in [0.25, 0.3) is 0 Å². The van der Waals surface area contributed by atoms with E-state index < -0.39 is 5.97 Å². The molecular formula is C17H24N2O2. The van der Waals surface area contributed by atoms with Gasteiger partial charge >= 0.3 is 5.97 Å². The summed E-state index contributed by atoms with van der Waals surface area (Å²) in [5, 5.41) is 9.19. The highest BCUT2D eigenvalue weighted by Gasteiger charge is 2.20. The molecule has 2 rings (SSSR count). The molecule has 0 radical (unpaired) electrons. The maximum Gasteiger partial charge on any atom is 0.335 e. The van der Waals surface area contributed by atoms with Gasteiger partial charge in [-0.1, -0.05) is 27.7 Å². The van der Waals surface area contributed by atoms with Gasteiger partial charge in [-0.3, -0.25) is 0 Å². The lowest BCUT2D eigenvalue weighted by Gasteiger charge is -2.24. The SMILES string of the molecule is CCCc1nc2ccc(C(=O)O)cc2n1CC(C)(C)CC. The topological polar surface area (TPSA) is 55.1 Å². The molecule has 0 amide bonds. The number of carbonyl (C=O) groups is 1. The van der Waals surface area contributed by atoms with Crippen LogP contribution in [0.25, 0.3) is 11.0 Å². The van der Waals surface area contributed by atoms with Crippen LogP contribution in [0.5, 0.6) is 0 Å². The minimum Gasteiger partial charge on any atom is -0.478 e. The normalized spacial score (nSPS) is 12.0. The average Bonchev–Trinajstić information content (AvgIpc) is 2.76. The second kappa shape index (κ2) is 5.88. The Morgan fingerprint density at radius 3 is 2.62 bits per heavy atom. The van der Waals surface area contributed by atoms with Crippen molar-refractivity contribution < 1.29 is 9.90 Å². The zero-order valence-electron chi connectivity index (χ0n) is 13.3. The van der Waals surface area contributed by atoms with E-state index in [4.69, 9.17) is 4.98 Å². The average molecular weight is 288 g/mol. The fraction of sp³-hybridized carbons (Fsp3) is 0.529. The minimum absolute atomic E-state index is 0.162. The highest BCUT2D eigenvalue weighted by molar-refractivity contribution is 5.92. The molecule has 0 bridgehead atoms. The Balaban J connectivity index is 2.58. The third-order valence-electron chi connectivity index (χ3n) is 4.09. The van der Waals surface area contributed by atoms with Gasteiger partial charge < -0.3 is 9.67 Å². The molecule has 0 aliphatic carbocycles. The number of aryl methyl sites for hydroxylation is 1. The van der Waals surface area contributed by atoms with Gasteiger partial charge in [0.05, 0.1) is 16.6 Å². The zero-order chi connectivity index (χ0) is 15.6. The summed E-state index contributed by atoms with van der Waals surface area (Å²) in [5.74, 6) is 0.160. The lowest BCUT2D eigenvalue weighted by molar-refractivity contribution is 0.0697. The van der Waals surface area contributed by atoms with Crippen LogP contribution >= 0.6 is 0 Å². The lowest BCUT2D eigenvalue weighted by atomic mass is 9.90. The van der Waals surface area contributed by atoms with Crippen LogP contribution in [0.1, 0.15) is 56.7 Å². The molecule has 0 aliphatic heterocycles. The number of imidazole rings is 1. The third kappa shape index (κ3) is 3.26. The second-order valence-electron chi connectivity index (χ2n) is 6.39. The number of rotatable bonds is 6. The number of carboxylic acids is 1.